The SMILES string of the molecule is Cc1cc(/C=C(\C#N)c2ccccc2)c(C)n1-c1ccc(F)c(Cl)c1. The average molecular weight is 351 g/mol. The summed E-state index contributed by atoms with van der Waals surface area (Å²) in [5.41, 5.74) is 5.15. The van der Waals surface area contributed by atoms with Gasteiger partial charge in [0.05, 0.1) is 16.7 Å². The molecule has 3 aromatic rings. The van der Waals surface area contributed by atoms with Crippen LogP contribution in [0.1, 0.15) is 22.5 Å². The number of allylic oxidation sites excluding steroid dienone is 1. The molecule has 0 N–H and O–H groups in total. The van der Waals surface area contributed by atoms with E-state index in [1.165, 1.54) is 6.07 Å². The maximum atomic E-state index is 13.4. The zero-order chi connectivity index (χ0) is 18.0. The molecule has 1 aromatic heterocycles. The second kappa shape index (κ2) is 6.96. The Bertz CT molecular complexity index is 995. The molecule has 0 saturated carbocycles. The summed E-state index contributed by atoms with van der Waals surface area (Å²) in [5.74, 6) is -0.441. The molecule has 0 bridgehead atoms. The molecular formula is C21H16ClFN2. The summed E-state index contributed by atoms with van der Waals surface area (Å²) in [6.07, 6.45) is 1.87. The van der Waals surface area contributed by atoms with E-state index in [1.54, 1.807) is 12.1 Å². The van der Waals surface area contributed by atoms with Crippen LogP contribution in [0.3, 0.4) is 0 Å². The second-order valence-electron chi connectivity index (χ2n) is 5.80. The fourth-order valence-electron chi connectivity index (χ4n) is 2.91. The molecule has 0 atom stereocenters. The maximum Gasteiger partial charge on any atom is 0.141 e. The molecule has 124 valence electrons. The summed E-state index contributed by atoms with van der Waals surface area (Å²) in [4.78, 5) is 0. The van der Waals surface area contributed by atoms with Crippen LogP contribution in [0.25, 0.3) is 17.3 Å². The fraction of sp³-hybridized carbons (Fsp3) is 0.0952. The van der Waals surface area contributed by atoms with Gasteiger partial charge in [0.2, 0.25) is 0 Å². The van der Waals surface area contributed by atoms with E-state index in [-0.39, 0.29) is 5.02 Å². The Hall–Kier alpha value is -2.83. The summed E-state index contributed by atoms with van der Waals surface area (Å²) in [6, 6.07) is 18.5. The first-order valence-electron chi connectivity index (χ1n) is 7.83. The van der Waals surface area contributed by atoms with Crippen molar-refractivity contribution >= 4 is 23.3 Å². The number of hydrogen-bond acceptors (Lipinski definition) is 1. The van der Waals surface area contributed by atoms with E-state index in [4.69, 9.17) is 11.6 Å². The Morgan fingerprint density at radius 2 is 1.84 bits per heavy atom. The number of nitrogens with zero attached hydrogens (tertiary/aromatic N) is 2. The maximum absolute atomic E-state index is 13.4. The molecule has 0 radical (unpaired) electrons. The van der Waals surface area contributed by atoms with Gasteiger partial charge in [0.15, 0.2) is 0 Å². The Kier molecular flexibility index (Phi) is 4.74. The first-order chi connectivity index (χ1) is 12.0. The fourth-order valence-corrected chi connectivity index (χ4v) is 3.08. The highest BCUT2D eigenvalue weighted by molar-refractivity contribution is 6.30. The summed E-state index contributed by atoms with van der Waals surface area (Å²) in [6.45, 7) is 3.94. The third kappa shape index (κ3) is 3.35. The van der Waals surface area contributed by atoms with Crippen LogP contribution >= 0.6 is 11.6 Å². The van der Waals surface area contributed by atoms with E-state index in [0.717, 1.165) is 28.2 Å². The highest BCUT2D eigenvalue weighted by Gasteiger charge is 2.12. The lowest BCUT2D eigenvalue weighted by Gasteiger charge is -2.10. The van der Waals surface area contributed by atoms with E-state index >= 15 is 0 Å². The number of aryl methyl sites for hydroxylation is 1. The molecule has 25 heavy (non-hydrogen) atoms. The minimum Gasteiger partial charge on any atom is -0.318 e. The molecule has 0 unspecified atom stereocenters. The van der Waals surface area contributed by atoms with Gasteiger partial charge in [-0.2, -0.15) is 5.26 Å². The third-order valence-corrected chi connectivity index (χ3v) is 4.43. The van der Waals surface area contributed by atoms with Crippen molar-refractivity contribution in [3.8, 4) is 11.8 Å². The monoisotopic (exact) mass is 350 g/mol. The first kappa shape index (κ1) is 17.0. The molecular weight excluding hydrogens is 335 g/mol. The van der Waals surface area contributed by atoms with Gasteiger partial charge in [0.25, 0.3) is 0 Å². The van der Waals surface area contributed by atoms with Crippen molar-refractivity contribution in [2.75, 3.05) is 0 Å². The Balaban J connectivity index is 2.10. The van der Waals surface area contributed by atoms with Crippen LogP contribution in [0.2, 0.25) is 5.02 Å². The van der Waals surface area contributed by atoms with Gasteiger partial charge < -0.3 is 4.57 Å². The van der Waals surface area contributed by atoms with Crippen molar-refractivity contribution in [3.05, 3.63) is 88.0 Å². The molecule has 1 heterocycles. The molecule has 3 rings (SSSR count). The van der Waals surface area contributed by atoms with Gasteiger partial charge in [-0.3, -0.25) is 0 Å². The molecule has 2 aromatic carbocycles. The number of nitriles is 1. The molecule has 0 fully saturated rings. The number of benzene rings is 2. The zero-order valence-electron chi connectivity index (χ0n) is 13.9. The topological polar surface area (TPSA) is 28.7 Å². The van der Waals surface area contributed by atoms with E-state index in [9.17, 15) is 9.65 Å². The highest BCUT2D eigenvalue weighted by atomic mass is 35.5. The van der Waals surface area contributed by atoms with Crippen molar-refractivity contribution in [1.29, 1.82) is 5.26 Å². The summed E-state index contributed by atoms with van der Waals surface area (Å²) in [7, 11) is 0. The van der Waals surface area contributed by atoms with Gasteiger partial charge >= 0.3 is 0 Å². The minimum absolute atomic E-state index is 0.0871. The van der Waals surface area contributed by atoms with Crippen molar-refractivity contribution in [2.45, 2.75) is 13.8 Å². The number of halogens is 2. The molecule has 2 nitrogen and oxygen atoms in total. The largest absolute Gasteiger partial charge is 0.318 e. The van der Waals surface area contributed by atoms with Gasteiger partial charge in [-0.1, -0.05) is 41.9 Å². The Labute approximate surface area is 151 Å². The van der Waals surface area contributed by atoms with Gasteiger partial charge in [-0.05, 0) is 55.3 Å². The molecule has 0 aliphatic rings. The molecule has 0 spiro atoms. The predicted octanol–water partition coefficient (Wildman–Crippen LogP) is 5.95. The van der Waals surface area contributed by atoms with E-state index in [2.05, 4.69) is 6.07 Å². The van der Waals surface area contributed by atoms with Gasteiger partial charge in [0, 0.05) is 17.1 Å². The molecule has 0 amide bonds. The predicted molar refractivity (Wildman–Crippen MR) is 100 cm³/mol. The van der Waals surface area contributed by atoms with Crippen molar-refractivity contribution in [1.82, 2.24) is 4.57 Å². The van der Waals surface area contributed by atoms with Crippen LogP contribution < -0.4 is 0 Å². The Morgan fingerprint density at radius 1 is 1.12 bits per heavy atom. The lowest BCUT2D eigenvalue weighted by atomic mass is 10.0. The first-order valence-corrected chi connectivity index (χ1v) is 8.20. The normalized spacial score (nSPS) is 11.4. The van der Waals surface area contributed by atoms with Crippen LogP contribution in [-0.4, -0.2) is 4.57 Å². The molecule has 0 aliphatic heterocycles. The van der Waals surface area contributed by atoms with Crippen molar-refractivity contribution in [3.63, 3.8) is 0 Å². The van der Waals surface area contributed by atoms with Gasteiger partial charge in [0.1, 0.15) is 5.82 Å². The van der Waals surface area contributed by atoms with Crippen LogP contribution in [0, 0.1) is 31.0 Å². The number of rotatable bonds is 3. The Morgan fingerprint density at radius 3 is 2.48 bits per heavy atom. The van der Waals surface area contributed by atoms with Gasteiger partial charge in [-0.15, -0.1) is 0 Å². The summed E-state index contributed by atoms with van der Waals surface area (Å²) < 4.78 is 15.4. The van der Waals surface area contributed by atoms with Crippen LogP contribution in [-0.2, 0) is 0 Å². The number of hydrogen-bond donors (Lipinski definition) is 0. The lowest BCUT2D eigenvalue weighted by Crippen LogP contribution is -1.99. The van der Waals surface area contributed by atoms with Crippen molar-refractivity contribution < 1.29 is 4.39 Å². The quantitative estimate of drug-likeness (QED) is 0.536. The standard InChI is InChI=1S/C21H16ClFN2/c1-14-10-17(11-18(13-24)16-6-4-3-5-7-16)15(2)25(14)19-8-9-21(23)20(22)12-19/h3-12H,1-2H3/b18-11+. The highest BCUT2D eigenvalue weighted by Crippen LogP contribution is 2.27. The zero-order valence-corrected chi connectivity index (χ0v) is 14.7. The smallest absolute Gasteiger partial charge is 0.141 e. The molecule has 4 heteroatoms. The molecule has 0 saturated heterocycles. The van der Waals surface area contributed by atoms with E-state index < -0.39 is 5.82 Å². The van der Waals surface area contributed by atoms with Crippen LogP contribution in [0.4, 0.5) is 4.39 Å². The summed E-state index contributed by atoms with van der Waals surface area (Å²) >= 11 is 5.92. The van der Waals surface area contributed by atoms with Crippen LogP contribution in [0.5, 0.6) is 0 Å². The number of aromatic nitrogens is 1. The lowest BCUT2D eigenvalue weighted by molar-refractivity contribution is 0.627. The summed E-state index contributed by atoms with van der Waals surface area (Å²) in [5, 5.41) is 9.59. The second-order valence-corrected chi connectivity index (χ2v) is 6.20. The van der Waals surface area contributed by atoms with E-state index in [1.807, 2.05) is 60.9 Å². The average Bonchev–Trinajstić information content (AvgIpc) is 2.89. The van der Waals surface area contributed by atoms with Gasteiger partial charge in [-0.25, -0.2) is 4.39 Å². The third-order valence-electron chi connectivity index (χ3n) is 4.14. The van der Waals surface area contributed by atoms with Crippen LogP contribution in [0.15, 0.2) is 54.6 Å². The molecule has 0 aliphatic carbocycles. The minimum atomic E-state index is -0.441. The van der Waals surface area contributed by atoms with E-state index in [0.29, 0.717) is 5.57 Å². The van der Waals surface area contributed by atoms with Crippen molar-refractivity contribution in [2.24, 2.45) is 0 Å².